The maximum atomic E-state index is 12.5. The number of esters is 1. The summed E-state index contributed by atoms with van der Waals surface area (Å²) in [6, 6.07) is 16.8. The number of carbonyl (C=O) groups excluding carboxylic acids is 3. The van der Waals surface area contributed by atoms with Crippen LogP contribution in [-0.2, 0) is 4.74 Å². The molecule has 0 unspecified atom stereocenters. The second-order valence-corrected chi connectivity index (χ2v) is 5.81. The molecule has 0 spiro atoms. The van der Waals surface area contributed by atoms with E-state index in [4.69, 9.17) is 0 Å². The predicted molar refractivity (Wildman–Crippen MR) is 104 cm³/mol. The number of para-hydroxylation sites is 1. The molecule has 3 aromatic rings. The van der Waals surface area contributed by atoms with Gasteiger partial charge in [0.15, 0.2) is 0 Å². The van der Waals surface area contributed by atoms with Crippen molar-refractivity contribution in [1.82, 2.24) is 4.98 Å². The van der Waals surface area contributed by atoms with Crippen molar-refractivity contribution in [3.63, 3.8) is 0 Å². The smallest absolute Gasteiger partial charge is 0.337 e. The molecule has 0 aliphatic heterocycles. The molecule has 7 heteroatoms. The monoisotopic (exact) mass is 375 g/mol. The largest absolute Gasteiger partial charge is 0.465 e. The Balaban J connectivity index is 1.74. The summed E-state index contributed by atoms with van der Waals surface area (Å²) in [6.07, 6.45) is 2.74. The van der Waals surface area contributed by atoms with E-state index >= 15 is 0 Å². The molecule has 1 heterocycles. The summed E-state index contributed by atoms with van der Waals surface area (Å²) in [5.41, 5.74) is 1.84. The molecule has 2 aromatic carbocycles. The molecule has 0 radical (unpaired) electrons. The third-order valence-corrected chi connectivity index (χ3v) is 3.84. The Hall–Kier alpha value is -4.00. The summed E-state index contributed by atoms with van der Waals surface area (Å²) in [4.78, 5) is 40.4. The average molecular weight is 375 g/mol. The van der Waals surface area contributed by atoms with Gasteiger partial charge in [0.05, 0.1) is 23.8 Å². The van der Waals surface area contributed by atoms with E-state index in [-0.39, 0.29) is 17.0 Å². The maximum absolute atomic E-state index is 12.5. The van der Waals surface area contributed by atoms with E-state index < -0.39 is 11.9 Å². The number of pyridine rings is 1. The fourth-order valence-electron chi connectivity index (χ4n) is 2.46. The minimum atomic E-state index is -0.502. The number of amides is 2. The van der Waals surface area contributed by atoms with E-state index in [1.165, 1.54) is 31.6 Å². The summed E-state index contributed by atoms with van der Waals surface area (Å²) >= 11 is 0. The zero-order chi connectivity index (χ0) is 19.9. The van der Waals surface area contributed by atoms with Crippen molar-refractivity contribution in [3.05, 3.63) is 89.7 Å². The van der Waals surface area contributed by atoms with Gasteiger partial charge >= 0.3 is 5.97 Å². The number of hydrogen-bond donors (Lipinski definition) is 2. The topological polar surface area (TPSA) is 97.4 Å². The van der Waals surface area contributed by atoms with Crippen LogP contribution in [0.15, 0.2) is 73.1 Å². The lowest BCUT2D eigenvalue weighted by atomic mass is 10.1. The van der Waals surface area contributed by atoms with Crippen LogP contribution in [0.25, 0.3) is 0 Å². The number of benzene rings is 2. The Labute approximate surface area is 161 Å². The van der Waals surface area contributed by atoms with E-state index in [1.807, 2.05) is 6.07 Å². The van der Waals surface area contributed by atoms with Crippen LogP contribution in [0.5, 0.6) is 0 Å². The molecule has 140 valence electrons. The molecule has 0 saturated carbocycles. The Morgan fingerprint density at radius 3 is 2.00 bits per heavy atom. The van der Waals surface area contributed by atoms with Crippen LogP contribution in [0.2, 0.25) is 0 Å². The maximum Gasteiger partial charge on any atom is 0.337 e. The normalized spacial score (nSPS) is 10.0. The first-order chi connectivity index (χ1) is 13.6. The van der Waals surface area contributed by atoms with Crippen LogP contribution in [0, 0.1) is 0 Å². The number of ether oxygens (including phenoxy) is 1. The van der Waals surface area contributed by atoms with Gasteiger partial charge in [-0.25, -0.2) is 4.79 Å². The van der Waals surface area contributed by atoms with Crippen LogP contribution >= 0.6 is 0 Å². The minimum Gasteiger partial charge on any atom is -0.465 e. The molecule has 28 heavy (non-hydrogen) atoms. The highest BCUT2D eigenvalue weighted by Gasteiger charge is 2.13. The van der Waals surface area contributed by atoms with Crippen molar-refractivity contribution >= 4 is 29.2 Å². The standard InChI is InChI=1S/C21H17N3O4/c1-28-21(27)14-6-5-9-18(11-14)24-20(26)16-10-15(12-22-13-16)19(25)23-17-7-3-2-4-8-17/h2-13H,1H3,(H,23,25)(H,24,26). The van der Waals surface area contributed by atoms with Gasteiger partial charge in [0.2, 0.25) is 0 Å². The van der Waals surface area contributed by atoms with Crippen molar-refractivity contribution in [2.75, 3.05) is 17.7 Å². The molecule has 1 aromatic heterocycles. The van der Waals surface area contributed by atoms with Gasteiger partial charge in [-0.1, -0.05) is 24.3 Å². The third-order valence-electron chi connectivity index (χ3n) is 3.84. The molecular weight excluding hydrogens is 358 g/mol. The van der Waals surface area contributed by atoms with E-state index in [0.717, 1.165) is 0 Å². The zero-order valence-electron chi connectivity index (χ0n) is 15.0. The lowest BCUT2D eigenvalue weighted by Crippen LogP contribution is -2.16. The minimum absolute atomic E-state index is 0.212. The van der Waals surface area contributed by atoms with Crippen LogP contribution in [0.1, 0.15) is 31.1 Å². The first kappa shape index (κ1) is 18.8. The lowest BCUT2D eigenvalue weighted by molar-refractivity contribution is 0.0600. The molecule has 2 N–H and O–H groups in total. The van der Waals surface area contributed by atoms with Crippen molar-refractivity contribution in [2.24, 2.45) is 0 Å². The van der Waals surface area contributed by atoms with Crippen molar-refractivity contribution in [3.8, 4) is 0 Å². The lowest BCUT2D eigenvalue weighted by Gasteiger charge is -2.08. The average Bonchev–Trinajstić information content (AvgIpc) is 2.74. The van der Waals surface area contributed by atoms with Crippen LogP contribution in [-0.4, -0.2) is 29.9 Å². The van der Waals surface area contributed by atoms with Crippen molar-refractivity contribution in [1.29, 1.82) is 0 Å². The van der Waals surface area contributed by atoms with E-state index in [1.54, 1.807) is 42.5 Å². The Morgan fingerprint density at radius 2 is 1.36 bits per heavy atom. The van der Waals surface area contributed by atoms with E-state index in [0.29, 0.717) is 16.9 Å². The molecular formula is C21H17N3O4. The molecule has 7 nitrogen and oxygen atoms in total. The number of carbonyl (C=O) groups is 3. The highest BCUT2D eigenvalue weighted by molar-refractivity contribution is 6.08. The van der Waals surface area contributed by atoms with Gasteiger partial charge in [0.25, 0.3) is 11.8 Å². The van der Waals surface area contributed by atoms with E-state index in [9.17, 15) is 14.4 Å². The summed E-state index contributed by atoms with van der Waals surface area (Å²) in [7, 11) is 1.28. The molecule has 0 aliphatic carbocycles. The van der Waals surface area contributed by atoms with Gasteiger partial charge in [0.1, 0.15) is 0 Å². The summed E-state index contributed by atoms with van der Waals surface area (Å²) < 4.78 is 4.67. The highest BCUT2D eigenvalue weighted by atomic mass is 16.5. The molecule has 0 atom stereocenters. The quantitative estimate of drug-likeness (QED) is 0.667. The second kappa shape index (κ2) is 8.59. The summed E-state index contributed by atoms with van der Waals surface area (Å²) in [6.45, 7) is 0. The first-order valence-corrected chi connectivity index (χ1v) is 8.38. The van der Waals surface area contributed by atoms with Gasteiger partial charge in [-0.3, -0.25) is 14.6 Å². The first-order valence-electron chi connectivity index (χ1n) is 8.38. The Bertz CT molecular complexity index is 1020. The third kappa shape index (κ3) is 4.59. The second-order valence-electron chi connectivity index (χ2n) is 5.81. The predicted octanol–water partition coefficient (Wildman–Crippen LogP) is 3.37. The zero-order valence-corrected chi connectivity index (χ0v) is 15.0. The SMILES string of the molecule is COC(=O)c1cccc(NC(=O)c2cncc(C(=O)Nc3ccccc3)c2)c1. The van der Waals surface area contributed by atoms with Crippen molar-refractivity contribution < 1.29 is 19.1 Å². The molecule has 0 aliphatic rings. The Morgan fingerprint density at radius 1 is 0.750 bits per heavy atom. The molecule has 0 bridgehead atoms. The number of anilines is 2. The highest BCUT2D eigenvalue weighted by Crippen LogP contribution is 2.14. The van der Waals surface area contributed by atoms with Crippen LogP contribution in [0.3, 0.4) is 0 Å². The summed E-state index contributed by atoms with van der Waals surface area (Å²) in [5.74, 6) is -1.33. The number of hydrogen-bond acceptors (Lipinski definition) is 5. The van der Waals surface area contributed by atoms with Gasteiger partial charge in [-0.05, 0) is 36.4 Å². The molecule has 0 fully saturated rings. The number of nitrogens with one attached hydrogen (secondary N) is 2. The Kier molecular flexibility index (Phi) is 5.76. The molecule has 3 rings (SSSR count). The number of rotatable bonds is 5. The molecule has 0 saturated heterocycles. The molecule has 2 amide bonds. The van der Waals surface area contributed by atoms with Gasteiger partial charge in [-0.2, -0.15) is 0 Å². The number of nitrogens with zero attached hydrogens (tertiary/aromatic N) is 1. The fourth-order valence-corrected chi connectivity index (χ4v) is 2.46. The van der Waals surface area contributed by atoms with Gasteiger partial charge in [-0.15, -0.1) is 0 Å². The van der Waals surface area contributed by atoms with Gasteiger partial charge < -0.3 is 15.4 Å². The number of aromatic nitrogens is 1. The van der Waals surface area contributed by atoms with Crippen LogP contribution in [0.4, 0.5) is 11.4 Å². The van der Waals surface area contributed by atoms with E-state index in [2.05, 4.69) is 20.4 Å². The fraction of sp³-hybridized carbons (Fsp3) is 0.0476. The van der Waals surface area contributed by atoms with Crippen LogP contribution < -0.4 is 10.6 Å². The van der Waals surface area contributed by atoms with Gasteiger partial charge in [0, 0.05) is 23.8 Å². The van der Waals surface area contributed by atoms with Crippen molar-refractivity contribution in [2.45, 2.75) is 0 Å². The summed E-state index contributed by atoms with van der Waals surface area (Å²) in [5, 5.41) is 5.41. The number of methoxy groups -OCH3 is 1.